The molecule has 0 aromatic heterocycles. The van der Waals surface area contributed by atoms with E-state index in [0.29, 0.717) is 21.0 Å². The van der Waals surface area contributed by atoms with Gasteiger partial charge in [0, 0.05) is 11.4 Å². The lowest BCUT2D eigenvalue weighted by molar-refractivity contribution is -0.0594. The number of hydrogen-bond acceptors (Lipinski definition) is 2. The maximum Gasteiger partial charge on any atom is 0.339 e. The predicted octanol–water partition coefficient (Wildman–Crippen LogP) is 10.6. The molecule has 1 aromatic carbocycles. The van der Waals surface area contributed by atoms with Gasteiger partial charge >= 0.3 is 5.97 Å². The Labute approximate surface area is 241 Å². The average Bonchev–Trinajstić information content (AvgIpc) is 3.21. The molecule has 0 aliphatic heterocycles. The van der Waals surface area contributed by atoms with Crippen molar-refractivity contribution >= 4 is 29.2 Å². The largest absolute Gasteiger partial charge is 0.458 e. The van der Waals surface area contributed by atoms with Crippen LogP contribution in [-0.2, 0) is 4.74 Å². The molecule has 0 saturated heterocycles. The van der Waals surface area contributed by atoms with E-state index in [2.05, 4.69) is 40.7 Å². The number of allylic oxidation sites excluding steroid dienone is 1. The van der Waals surface area contributed by atoms with Gasteiger partial charge in [0.15, 0.2) is 0 Å². The van der Waals surface area contributed by atoms with Crippen LogP contribution in [0.25, 0.3) is 0 Å². The van der Waals surface area contributed by atoms with Crippen molar-refractivity contribution in [3.05, 3.63) is 45.5 Å². The lowest BCUT2D eigenvalue weighted by atomic mass is 9.47. The minimum atomic E-state index is -0.331. The van der Waals surface area contributed by atoms with Gasteiger partial charge in [-0.2, -0.15) is 0 Å². The smallest absolute Gasteiger partial charge is 0.339 e. The minimum absolute atomic E-state index is 0.0680. The second kappa shape index (κ2) is 11.1. The summed E-state index contributed by atoms with van der Waals surface area (Å²) >= 11 is 12.3. The molecular weight excluding hydrogens is 511 g/mol. The third-order valence-electron chi connectivity index (χ3n) is 11.7. The third kappa shape index (κ3) is 5.23. The van der Waals surface area contributed by atoms with Crippen LogP contribution in [-0.4, -0.2) is 12.1 Å². The van der Waals surface area contributed by atoms with E-state index in [1.807, 2.05) is 0 Å². The van der Waals surface area contributed by atoms with Gasteiger partial charge in [-0.05, 0) is 109 Å². The van der Waals surface area contributed by atoms with Gasteiger partial charge < -0.3 is 4.74 Å². The Morgan fingerprint density at radius 2 is 1.82 bits per heavy atom. The monoisotopic (exact) mass is 558 g/mol. The van der Waals surface area contributed by atoms with E-state index in [1.54, 1.807) is 23.8 Å². The summed E-state index contributed by atoms with van der Waals surface area (Å²) in [6.07, 6.45) is 16.4. The van der Waals surface area contributed by atoms with Crippen LogP contribution < -0.4 is 0 Å². The molecule has 8 atom stereocenters. The Morgan fingerprint density at radius 3 is 2.55 bits per heavy atom. The highest BCUT2D eigenvalue weighted by Crippen LogP contribution is 2.67. The highest BCUT2D eigenvalue weighted by Gasteiger charge is 2.59. The molecular formula is C34H48Cl2O2. The number of carbonyl (C=O) groups is 1. The van der Waals surface area contributed by atoms with Crippen molar-refractivity contribution in [3.63, 3.8) is 0 Å². The molecule has 3 fully saturated rings. The third-order valence-corrected chi connectivity index (χ3v) is 12.2. The van der Waals surface area contributed by atoms with Crippen molar-refractivity contribution in [2.75, 3.05) is 0 Å². The number of ether oxygens (including phenoxy) is 1. The van der Waals surface area contributed by atoms with Gasteiger partial charge in [-0.15, -0.1) is 0 Å². The number of esters is 1. The first kappa shape index (κ1) is 28.5. The molecule has 4 aliphatic carbocycles. The lowest BCUT2D eigenvalue weighted by Gasteiger charge is -2.58. The van der Waals surface area contributed by atoms with E-state index < -0.39 is 0 Å². The topological polar surface area (TPSA) is 26.3 Å². The molecule has 0 amide bonds. The molecule has 38 heavy (non-hydrogen) atoms. The number of hydrogen-bond donors (Lipinski definition) is 0. The molecule has 4 heteroatoms. The first-order valence-electron chi connectivity index (χ1n) is 15.4. The van der Waals surface area contributed by atoms with Crippen LogP contribution in [0.1, 0.15) is 116 Å². The van der Waals surface area contributed by atoms with Crippen molar-refractivity contribution in [2.24, 2.45) is 46.3 Å². The average molecular weight is 560 g/mol. The summed E-state index contributed by atoms with van der Waals surface area (Å²) in [4.78, 5) is 12.9. The first-order valence-corrected chi connectivity index (χ1v) is 16.1. The Kier molecular flexibility index (Phi) is 8.35. The summed E-state index contributed by atoms with van der Waals surface area (Å²) in [5.41, 5.74) is 2.73. The molecule has 5 rings (SSSR count). The lowest BCUT2D eigenvalue weighted by Crippen LogP contribution is -2.51. The maximum atomic E-state index is 12.9. The second-order valence-corrected chi connectivity index (χ2v) is 15.0. The van der Waals surface area contributed by atoms with Gasteiger partial charge in [-0.3, -0.25) is 0 Å². The van der Waals surface area contributed by atoms with Gasteiger partial charge in [0.2, 0.25) is 0 Å². The fourth-order valence-corrected chi connectivity index (χ4v) is 10.1. The number of benzene rings is 1. The van der Waals surface area contributed by atoms with Gasteiger partial charge in [0.1, 0.15) is 6.10 Å². The number of rotatable bonds is 7. The maximum absolute atomic E-state index is 12.9. The number of fused-ring (bicyclic) bond motifs is 5. The van der Waals surface area contributed by atoms with Crippen molar-refractivity contribution in [3.8, 4) is 0 Å². The zero-order chi connectivity index (χ0) is 27.2. The van der Waals surface area contributed by atoms with Gasteiger partial charge in [0.05, 0.1) is 10.6 Å². The quantitative estimate of drug-likeness (QED) is 0.245. The molecule has 1 aromatic rings. The highest BCUT2D eigenvalue weighted by molar-refractivity contribution is 6.36. The summed E-state index contributed by atoms with van der Waals surface area (Å²) in [7, 11) is 0. The fraction of sp³-hybridized carbons (Fsp3) is 0.735. The molecule has 0 heterocycles. The standard InChI is InChI=1S/C34H48Cl2O2/c1-21(2)7-6-8-22(3)28-13-14-29-26-11-9-23-19-25(38-32(37)27-12-10-24(35)20-31(27)36)15-17-33(23,4)30(26)16-18-34(28,29)5/h9-10,12,20-22,25-26,28-30H,6-8,11,13-19H2,1-5H3/t22-,25+,26-,28-,29+,30-,33+,34-/m1/s1. The Hall–Kier alpha value is -0.990. The molecule has 0 N–H and O–H groups in total. The van der Waals surface area contributed by atoms with Gasteiger partial charge in [-0.25, -0.2) is 4.79 Å². The normalized spacial score (nSPS) is 37.2. The minimum Gasteiger partial charge on any atom is -0.458 e. The number of carbonyl (C=O) groups excluding carboxylic acids is 1. The van der Waals surface area contributed by atoms with Crippen LogP contribution >= 0.6 is 23.2 Å². The Morgan fingerprint density at radius 1 is 1.03 bits per heavy atom. The zero-order valence-electron chi connectivity index (χ0n) is 24.2. The molecule has 0 unspecified atom stereocenters. The molecule has 2 nitrogen and oxygen atoms in total. The summed E-state index contributed by atoms with van der Waals surface area (Å²) in [6.45, 7) is 12.5. The van der Waals surface area contributed by atoms with Crippen molar-refractivity contribution in [1.82, 2.24) is 0 Å². The molecule has 210 valence electrons. The Bertz CT molecular complexity index is 1060. The van der Waals surface area contributed by atoms with E-state index in [-0.39, 0.29) is 17.5 Å². The van der Waals surface area contributed by atoms with E-state index in [4.69, 9.17) is 27.9 Å². The summed E-state index contributed by atoms with van der Waals surface area (Å²) in [6, 6.07) is 4.98. The summed E-state index contributed by atoms with van der Waals surface area (Å²) in [5.74, 6) is 4.71. The predicted molar refractivity (Wildman–Crippen MR) is 159 cm³/mol. The zero-order valence-corrected chi connectivity index (χ0v) is 25.7. The SMILES string of the molecule is CC(C)CCC[C@@H](C)[C@H]1CC[C@H]2[C@H]3CC=C4C[C@@H](OC(=O)c5ccc(Cl)cc5Cl)CC[C@]4(C)[C@@H]3CC[C@]12C. The Balaban J connectivity index is 1.25. The molecule has 3 saturated carbocycles. The van der Waals surface area contributed by atoms with E-state index in [9.17, 15) is 4.79 Å². The van der Waals surface area contributed by atoms with Crippen LogP contribution in [0.5, 0.6) is 0 Å². The summed E-state index contributed by atoms with van der Waals surface area (Å²) < 4.78 is 5.99. The molecule has 0 radical (unpaired) electrons. The van der Waals surface area contributed by atoms with Crippen LogP contribution in [0.15, 0.2) is 29.8 Å². The van der Waals surface area contributed by atoms with Gasteiger partial charge in [0.25, 0.3) is 0 Å². The van der Waals surface area contributed by atoms with Crippen molar-refractivity contribution in [1.29, 1.82) is 0 Å². The van der Waals surface area contributed by atoms with Crippen LogP contribution in [0.4, 0.5) is 0 Å². The molecule has 0 bridgehead atoms. The first-order chi connectivity index (χ1) is 18.0. The van der Waals surface area contributed by atoms with Crippen molar-refractivity contribution in [2.45, 2.75) is 111 Å². The summed E-state index contributed by atoms with van der Waals surface area (Å²) in [5, 5.41) is 0.886. The van der Waals surface area contributed by atoms with Gasteiger partial charge in [-0.1, -0.05) is 88.7 Å². The van der Waals surface area contributed by atoms with E-state index in [1.165, 1.54) is 51.4 Å². The van der Waals surface area contributed by atoms with Crippen LogP contribution in [0.3, 0.4) is 0 Å². The van der Waals surface area contributed by atoms with Crippen molar-refractivity contribution < 1.29 is 9.53 Å². The number of halogens is 2. The fourth-order valence-electron chi connectivity index (χ4n) is 9.62. The molecule has 4 aliphatic rings. The second-order valence-electron chi connectivity index (χ2n) is 14.2. The van der Waals surface area contributed by atoms with E-state index >= 15 is 0 Å². The van der Waals surface area contributed by atoms with Crippen LogP contribution in [0, 0.1) is 46.3 Å². The molecule has 0 spiro atoms. The highest BCUT2D eigenvalue weighted by atomic mass is 35.5. The van der Waals surface area contributed by atoms with E-state index in [0.717, 1.165) is 54.8 Å². The van der Waals surface area contributed by atoms with Crippen LogP contribution in [0.2, 0.25) is 10.0 Å².